The van der Waals surface area contributed by atoms with Crippen molar-refractivity contribution in [1.29, 1.82) is 0 Å². The van der Waals surface area contributed by atoms with E-state index in [1.165, 1.54) is 13.2 Å². The summed E-state index contributed by atoms with van der Waals surface area (Å²) < 4.78 is 43.0. The van der Waals surface area contributed by atoms with Crippen molar-refractivity contribution in [2.45, 2.75) is 12.6 Å². The third kappa shape index (κ3) is 3.12. The average Bonchev–Trinajstić information content (AvgIpc) is 2.79. The van der Waals surface area contributed by atoms with Crippen LogP contribution in [-0.4, -0.2) is 25.5 Å². The molecule has 1 aromatic carbocycles. The van der Waals surface area contributed by atoms with Crippen molar-refractivity contribution >= 4 is 29.2 Å². The summed E-state index contributed by atoms with van der Waals surface area (Å²) >= 11 is 5.53. The maximum Gasteiger partial charge on any atom is 0.417 e. The number of halogens is 4. The Hall–Kier alpha value is -1.76. The number of hydrogen-bond donors (Lipinski definition) is 0. The minimum absolute atomic E-state index is 0.00949. The normalized spacial score (nSPS) is 19.0. The van der Waals surface area contributed by atoms with Gasteiger partial charge < -0.3 is 9.64 Å². The van der Waals surface area contributed by atoms with Crippen molar-refractivity contribution in [2.75, 3.05) is 18.6 Å². The number of rotatable bonds is 2. The van der Waals surface area contributed by atoms with Crippen LogP contribution < -0.4 is 4.90 Å². The molecule has 1 amide bonds. The first-order valence-electron chi connectivity index (χ1n) is 5.99. The monoisotopic (exact) mass is 321 g/mol. The minimum atomic E-state index is -4.61. The van der Waals surface area contributed by atoms with Gasteiger partial charge in [0.1, 0.15) is 0 Å². The van der Waals surface area contributed by atoms with Crippen LogP contribution in [0.15, 0.2) is 18.2 Å². The molecule has 1 unspecified atom stereocenters. The summed E-state index contributed by atoms with van der Waals surface area (Å²) in [5.41, 5.74) is -0.959. The topological polar surface area (TPSA) is 46.6 Å². The van der Waals surface area contributed by atoms with E-state index in [0.717, 1.165) is 17.0 Å². The molecule has 1 saturated heterocycles. The number of alkyl halides is 3. The highest BCUT2D eigenvalue weighted by Crippen LogP contribution is 2.38. The Bertz CT molecular complexity index is 589. The van der Waals surface area contributed by atoms with E-state index < -0.39 is 34.6 Å². The molecule has 1 heterocycles. The second-order valence-electron chi connectivity index (χ2n) is 4.59. The maximum atomic E-state index is 12.8. The molecule has 114 valence electrons. The smallest absolute Gasteiger partial charge is 0.417 e. The van der Waals surface area contributed by atoms with E-state index in [1.807, 2.05) is 0 Å². The fourth-order valence-electron chi connectivity index (χ4n) is 2.18. The second kappa shape index (κ2) is 5.55. The summed E-state index contributed by atoms with van der Waals surface area (Å²) in [6.45, 7) is -0.00949. The summed E-state index contributed by atoms with van der Waals surface area (Å²) in [6, 6.07) is 3.20. The number of ether oxygens (including phenoxy) is 1. The summed E-state index contributed by atoms with van der Waals surface area (Å²) in [7, 11) is 1.19. The molecule has 0 saturated carbocycles. The van der Waals surface area contributed by atoms with Gasteiger partial charge in [-0.25, -0.2) is 0 Å². The van der Waals surface area contributed by atoms with Crippen LogP contribution in [0.3, 0.4) is 0 Å². The van der Waals surface area contributed by atoms with Crippen LogP contribution in [0.25, 0.3) is 0 Å². The van der Waals surface area contributed by atoms with E-state index in [1.54, 1.807) is 0 Å². The quantitative estimate of drug-likeness (QED) is 0.787. The van der Waals surface area contributed by atoms with Crippen LogP contribution in [0.1, 0.15) is 12.0 Å². The molecule has 0 radical (unpaired) electrons. The molecule has 2 rings (SSSR count). The zero-order valence-electron chi connectivity index (χ0n) is 10.9. The third-order valence-corrected chi connectivity index (χ3v) is 3.56. The Morgan fingerprint density at radius 2 is 2.10 bits per heavy atom. The second-order valence-corrected chi connectivity index (χ2v) is 5.00. The Labute approximate surface area is 123 Å². The lowest BCUT2D eigenvalue weighted by molar-refractivity contribution is -0.145. The van der Waals surface area contributed by atoms with Gasteiger partial charge in [0.05, 0.1) is 23.6 Å². The average molecular weight is 322 g/mol. The number of carbonyl (C=O) groups excluding carboxylic acids is 2. The van der Waals surface area contributed by atoms with Gasteiger partial charge in [0, 0.05) is 18.7 Å². The van der Waals surface area contributed by atoms with Crippen LogP contribution in [0.2, 0.25) is 5.02 Å². The SMILES string of the molecule is COC(=O)C1CC(=O)N(c2ccc(Cl)c(C(F)(F)F)c2)C1. The van der Waals surface area contributed by atoms with E-state index in [2.05, 4.69) is 4.74 Å². The molecule has 1 atom stereocenters. The summed E-state index contributed by atoms with van der Waals surface area (Å²) in [5.74, 6) is -1.66. The number of anilines is 1. The third-order valence-electron chi connectivity index (χ3n) is 3.23. The zero-order valence-corrected chi connectivity index (χ0v) is 11.7. The van der Waals surface area contributed by atoms with Crippen molar-refractivity contribution < 1.29 is 27.5 Å². The van der Waals surface area contributed by atoms with Gasteiger partial charge >= 0.3 is 12.1 Å². The fraction of sp³-hybridized carbons (Fsp3) is 0.385. The van der Waals surface area contributed by atoms with Crippen LogP contribution >= 0.6 is 11.6 Å². The number of esters is 1. The van der Waals surface area contributed by atoms with Crippen molar-refractivity contribution in [3.63, 3.8) is 0 Å². The first-order valence-corrected chi connectivity index (χ1v) is 6.36. The standard InChI is InChI=1S/C13H11ClF3NO3/c1-21-12(20)7-4-11(19)18(6-7)8-2-3-10(14)9(5-8)13(15,16)17/h2-3,5,7H,4,6H2,1H3. The lowest BCUT2D eigenvalue weighted by Gasteiger charge is -2.18. The number of methoxy groups -OCH3 is 1. The highest BCUT2D eigenvalue weighted by atomic mass is 35.5. The molecular formula is C13H11ClF3NO3. The van der Waals surface area contributed by atoms with E-state index >= 15 is 0 Å². The molecule has 0 spiro atoms. The highest BCUT2D eigenvalue weighted by Gasteiger charge is 2.38. The number of nitrogens with zero attached hydrogens (tertiary/aromatic N) is 1. The van der Waals surface area contributed by atoms with Gasteiger partial charge in [0.15, 0.2) is 0 Å². The van der Waals surface area contributed by atoms with E-state index in [0.29, 0.717) is 0 Å². The molecule has 1 fully saturated rings. The molecule has 1 aromatic rings. The molecule has 1 aliphatic rings. The number of carbonyl (C=O) groups is 2. The summed E-state index contributed by atoms with van der Waals surface area (Å²) in [6.07, 6.45) is -4.70. The molecule has 8 heteroatoms. The number of benzene rings is 1. The Balaban J connectivity index is 2.31. The lowest BCUT2D eigenvalue weighted by Crippen LogP contribution is -2.26. The van der Waals surface area contributed by atoms with Crippen LogP contribution in [-0.2, 0) is 20.5 Å². The summed E-state index contributed by atoms with van der Waals surface area (Å²) in [5, 5.41) is -0.442. The van der Waals surface area contributed by atoms with Gasteiger partial charge in [-0.2, -0.15) is 13.2 Å². The van der Waals surface area contributed by atoms with Crippen LogP contribution in [0, 0.1) is 5.92 Å². The molecule has 1 aliphatic heterocycles. The predicted octanol–water partition coefficient (Wildman–Crippen LogP) is 2.88. The fourth-order valence-corrected chi connectivity index (χ4v) is 2.40. The molecule has 0 N–H and O–H groups in total. The van der Waals surface area contributed by atoms with Crippen molar-refractivity contribution in [3.8, 4) is 0 Å². The Morgan fingerprint density at radius 3 is 2.67 bits per heavy atom. The van der Waals surface area contributed by atoms with Crippen molar-refractivity contribution in [1.82, 2.24) is 0 Å². The molecule has 0 bridgehead atoms. The maximum absolute atomic E-state index is 12.8. The van der Waals surface area contributed by atoms with Gasteiger partial charge in [-0.3, -0.25) is 9.59 Å². The summed E-state index contributed by atoms with van der Waals surface area (Å²) in [4.78, 5) is 24.4. The van der Waals surface area contributed by atoms with E-state index in [-0.39, 0.29) is 18.7 Å². The van der Waals surface area contributed by atoms with E-state index in [9.17, 15) is 22.8 Å². The molecule has 4 nitrogen and oxygen atoms in total. The molecule has 0 aliphatic carbocycles. The van der Waals surface area contributed by atoms with Crippen LogP contribution in [0.5, 0.6) is 0 Å². The highest BCUT2D eigenvalue weighted by molar-refractivity contribution is 6.31. The minimum Gasteiger partial charge on any atom is -0.469 e. The molecular weight excluding hydrogens is 311 g/mol. The number of hydrogen-bond acceptors (Lipinski definition) is 3. The first kappa shape index (κ1) is 15.6. The van der Waals surface area contributed by atoms with Gasteiger partial charge in [-0.1, -0.05) is 11.6 Å². The van der Waals surface area contributed by atoms with Gasteiger partial charge in [0.2, 0.25) is 5.91 Å². The first-order chi connectivity index (χ1) is 9.74. The molecule has 21 heavy (non-hydrogen) atoms. The Morgan fingerprint density at radius 1 is 1.43 bits per heavy atom. The Kier molecular flexibility index (Phi) is 4.13. The molecule has 0 aromatic heterocycles. The zero-order chi connectivity index (χ0) is 15.8. The van der Waals surface area contributed by atoms with Gasteiger partial charge in [-0.15, -0.1) is 0 Å². The van der Waals surface area contributed by atoms with E-state index in [4.69, 9.17) is 11.6 Å². The lowest BCUT2D eigenvalue weighted by atomic mass is 10.1. The largest absolute Gasteiger partial charge is 0.469 e. The van der Waals surface area contributed by atoms with Crippen LogP contribution in [0.4, 0.5) is 18.9 Å². The van der Waals surface area contributed by atoms with Gasteiger partial charge in [0.25, 0.3) is 0 Å². The van der Waals surface area contributed by atoms with Gasteiger partial charge in [-0.05, 0) is 18.2 Å². The van der Waals surface area contributed by atoms with Crippen molar-refractivity contribution in [3.05, 3.63) is 28.8 Å². The van der Waals surface area contributed by atoms with Crippen molar-refractivity contribution in [2.24, 2.45) is 5.92 Å². The predicted molar refractivity (Wildman–Crippen MR) is 68.9 cm³/mol. The number of amides is 1.